The third-order valence-electron chi connectivity index (χ3n) is 2.98. The highest BCUT2D eigenvalue weighted by atomic mass is 19.4. The highest BCUT2D eigenvalue weighted by Crippen LogP contribution is 2.35. The summed E-state index contributed by atoms with van der Waals surface area (Å²) < 4.78 is 43.7. The summed E-state index contributed by atoms with van der Waals surface area (Å²) in [6.07, 6.45) is -4.55. The molecular formula is C16H12F3NO. The largest absolute Gasteiger partial charge is 0.457 e. The van der Waals surface area contributed by atoms with Gasteiger partial charge in [-0.05, 0) is 43.7 Å². The molecular weight excluding hydrogens is 279 g/mol. The smallest absolute Gasteiger partial charge is 0.417 e. The lowest BCUT2D eigenvalue weighted by Gasteiger charge is -2.12. The lowest BCUT2D eigenvalue weighted by Crippen LogP contribution is -2.07. The number of hydrogen-bond donors (Lipinski definition) is 0. The second-order valence-electron chi connectivity index (χ2n) is 4.69. The van der Waals surface area contributed by atoms with Crippen molar-refractivity contribution in [2.75, 3.05) is 0 Å². The Morgan fingerprint density at radius 1 is 1.05 bits per heavy atom. The van der Waals surface area contributed by atoms with Gasteiger partial charge in [0.1, 0.15) is 11.5 Å². The van der Waals surface area contributed by atoms with Gasteiger partial charge in [-0.25, -0.2) is 0 Å². The first-order chi connectivity index (χ1) is 9.81. The van der Waals surface area contributed by atoms with Crippen LogP contribution in [0.4, 0.5) is 13.2 Å². The van der Waals surface area contributed by atoms with Gasteiger partial charge >= 0.3 is 6.18 Å². The van der Waals surface area contributed by atoms with Crippen molar-refractivity contribution in [3.63, 3.8) is 0 Å². The zero-order valence-corrected chi connectivity index (χ0v) is 11.5. The molecule has 0 unspecified atom stereocenters. The molecule has 5 heteroatoms. The van der Waals surface area contributed by atoms with E-state index >= 15 is 0 Å². The molecule has 0 heterocycles. The van der Waals surface area contributed by atoms with Crippen molar-refractivity contribution in [1.82, 2.24) is 0 Å². The van der Waals surface area contributed by atoms with Gasteiger partial charge in [-0.3, -0.25) is 0 Å². The van der Waals surface area contributed by atoms with Crippen molar-refractivity contribution >= 4 is 0 Å². The number of nitrogens with zero attached hydrogens (tertiary/aromatic N) is 1. The molecule has 2 aromatic carbocycles. The number of hydrogen-bond acceptors (Lipinski definition) is 2. The number of rotatable bonds is 2. The Hall–Kier alpha value is -2.48. The van der Waals surface area contributed by atoms with Gasteiger partial charge in [-0.1, -0.05) is 17.7 Å². The van der Waals surface area contributed by atoms with E-state index in [-0.39, 0.29) is 5.75 Å². The lowest BCUT2D eigenvalue weighted by molar-refractivity contribution is -0.137. The van der Waals surface area contributed by atoms with Crippen LogP contribution in [0.3, 0.4) is 0 Å². The number of alkyl halides is 3. The molecule has 2 aromatic rings. The summed E-state index contributed by atoms with van der Waals surface area (Å²) in [5, 5.41) is 8.86. The molecule has 0 N–H and O–H groups in total. The van der Waals surface area contributed by atoms with Gasteiger partial charge in [0, 0.05) is 0 Å². The van der Waals surface area contributed by atoms with E-state index in [1.807, 2.05) is 26.0 Å². The van der Waals surface area contributed by atoms with Crippen LogP contribution in [0.1, 0.15) is 22.3 Å². The molecule has 0 aliphatic rings. The second kappa shape index (κ2) is 5.49. The van der Waals surface area contributed by atoms with Crippen LogP contribution in [0.5, 0.6) is 11.5 Å². The molecule has 21 heavy (non-hydrogen) atoms. The quantitative estimate of drug-likeness (QED) is 0.781. The minimum Gasteiger partial charge on any atom is -0.457 e. The van der Waals surface area contributed by atoms with Crippen LogP contribution < -0.4 is 4.74 Å². The molecule has 0 atom stereocenters. The van der Waals surface area contributed by atoms with E-state index in [2.05, 4.69) is 0 Å². The van der Waals surface area contributed by atoms with Crippen molar-refractivity contribution in [2.45, 2.75) is 20.0 Å². The lowest BCUT2D eigenvalue weighted by atomic mass is 10.1. The maximum Gasteiger partial charge on any atom is 0.417 e. The standard InChI is InChI=1S/C16H12F3NO/c1-10-3-6-15(11(2)7-10)21-13-4-5-14(16(17,18)19)12(8-13)9-20/h3-8H,1-2H3. The van der Waals surface area contributed by atoms with Crippen LogP contribution in [0.2, 0.25) is 0 Å². The van der Waals surface area contributed by atoms with Crippen molar-refractivity contribution in [3.05, 3.63) is 58.7 Å². The average Bonchev–Trinajstić information content (AvgIpc) is 2.40. The van der Waals surface area contributed by atoms with Gasteiger partial charge in [0.2, 0.25) is 0 Å². The fourth-order valence-corrected chi connectivity index (χ4v) is 1.97. The number of benzene rings is 2. The number of ether oxygens (including phenoxy) is 1. The van der Waals surface area contributed by atoms with Crippen LogP contribution >= 0.6 is 0 Å². The minimum atomic E-state index is -4.55. The van der Waals surface area contributed by atoms with Gasteiger partial charge in [0.05, 0.1) is 17.2 Å². The molecule has 0 aromatic heterocycles. The predicted octanol–water partition coefficient (Wildman–Crippen LogP) is 4.99. The maximum absolute atomic E-state index is 12.7. The SMILES string of the molecule is Cc1ccc(Oc2ccc(C(F)(F)F)c(C#N)c2)c(C)c1. The van der Waals surface area contributed by atoms with Crippen LogP contribution in [-0.2, 0) is 6.18 Å². The van der Waals surface area contributed by atoms with Gasteiger partial charge in [-0.2, -0.15) is 18.4 Å². The Bertz CT molecular complexity index is 714. The summed E-state index contributed by atoms with van der Waals surface area (Å²) in [5.41, 5.74) is 0.515. The molecule has 2 nitrogen and oxygen atoms in total. The molecule has 0 amide bonds. The van der Waals surface area contributed by atoms with Crippen molar-refractivity contribution in [2.24, 2.45) is 0 Å². The van der Waals surface area contributed by atoms with Crippen LogP contribution in [0, 0.1) is 25.2 Å². The van der Waals surface area contributed by atoms with E-state index in [1.165, 1.54) is 6.07 Å². The first kappa shape index (κ1) is 14.9. The summed E-state index contributed by atoms with van der Waals surface area (Å²) in [6, 6.07) is 10.2. The van der Waals surface area contributed by atoms with Crippen molar-refractivity contribution in [3.8, 4) is 17.6 Å². The molecule has 108 valence electrons. The van der Waals surface area contributed by atoms with Crippen LogP contribution in [0.15, 0.2) is 36.4 Å². The van der Waals surface area contributed by atoms with Gasteiger partial charge in [0.25, 0.3) is 0 Å². The molecule has 0 fully saturated rings. The minimum absolute atomic E-state index is 0.200. The van der Waals surface area contributed by atoms with E-state index in [9.17, 15) is 13.2 Å². The first-order valence-corrected chi connectivity index (χ1v) is 6.17. The number of nitriles is 1. The molecule has 0 bridgehead atoms. The average molecular weight is 291 g/mol. The number of aryl methyl sites for hydroxylation is 2. The highest BCUT2D eigenvalue weighted by molar-refractivity contribution is 5.47. The zero-order chi connectivity index (χ0) is 15.6. The zero-order valence-electron chi connectivity index (χ0n) is 11.5. The summed E-state index contributed by atoms with van der Waals surface area (Å²) >= 11 is 0. The van der Waals surface area contributed by atoms with Crippen LogP contribution in [-0.4, -0.2) is 0 Å². The topological polar surface area (TPSA) is 33.0 Å². The Morgan fingerprint density at radius 2 is 1.76 bits per heavy atom. The predicted molar refractivity (Wildman–Crippen MR) is 72.1 cm³/mol. The molecule has 0 spiro atoms. The van der Waals surface area contributed by atoms with E-state index < -0.39 is 17.3 Å². The van der Waals surface area contributed by atoms with Crippen LogP contribution in [0.25, 0.3) is 0 Å². The molecule has 0 saturated carbocycles. The van der Waals surface area contributed by atoms with E-state index in [1.54, 1.807) is 12.1 Å². The Morgan fingerprint density at radius 3 is 2.33 bits per heavy atom. The fraction of sp³-hybridized carbons (Fsp3) is 0.188. The third-order valence-corrected chi connectivity index (χ3v) is 2.98. The van der Waals surface area contributed by atoms with Gasteiger partial charge in [0.15, 0.2) is 0 Å². The third kappa shape index (κ3) is 3.34. The molecule has 0 saturated heterocycles. The Labute approximate surface area is 120 Å². The Kier molecular flexibility index (Phi) is 3.90. The second-order valence-corrected chi connectivity index (χ2v) is 4.69. The first-order valence-electron chi connectivity index (χ1n) is 6.17. The number of halogens is 3. The Balaban J connectivity index is 2.36. The van der Waals surface area contributed by atoms with E-state index in [0.29, 0.717) is 5.75 Å². The van der Waals surface area contributed by atoms with E-state index in [0.717, 1.165) is 23.3 Å². The highest BCUT2D eigenvalue weighted by Gasteiger charge is 2.33. The summed E-state index contributed by atoms with van der Waals surface area (Å²) in [4.78, 5) is 0. The molecule has 0 radical (unpaired) electrons. The molecule has 2 rings (SSSR count). The molecule has 0 aliphatic carbocycles. The summed E-state index contributed by atoms with van der Waals surface area (Å²) in [5.74, 6) is 0.746. The van der Waals surface area contributed by atoms with Gasteiger partial charge < -0.3 is 4.74 Å². The summed E-state index contributed by atoms with van der Waals surface area (Å²) in [6.45, 7) is 3.78. The normalized spacial score (nSPS) is 11.0. The van der Waals surface area contributed by atoms with E-state index in [4.69, 9.17) is 10.00 Å². The monoisotopic (exact) mass is 291 g/mol. The van der Waals surface area contributed by atoms with Crippen molar-refractivity contribution < 1.29 is 17.9 Å². The van der Waals surface area contributed by atoms with Crippen molar-refractivity contribution in [1.29, 1.82) is 5.26 Å². The maximum atomic E-state index is 12.7. The van der Waals surface area contributed by atoms with Gasteiger partial charge in [-0.15, -0.1) is 0 Å². The summed E-state index contributed by atoms with van der Waals surface area (Å²) in [7, 11) is 0. The molecule has 0 aliphatic heterocycles. The fourth-order valence-electron chi connectivity index (χ4n) is 1.97.